The summed E-state index contributed by atoms with van der Waals surface area (Å²) in [5.74, 6) is 0. The normalized spacial score (nSPS) is 10.6. The zero-order valence-corrected chi connectivity index (χ0v) is 39.7. The van der Waals surface area contributed by atoms with Crippen molar-refractivity contribution in [2.45, 2.75) is 125 Å². The summed E-state index contributed by atoms with van der Waals surface area (Å²) in [5.41, 5.74) is 0. The van der Waals surface area contributed by atoms with E-state index in [1.165, 1.54) is 118 Å². The van der Waals surface area contributed by atoms with E-state index in [0.717, 1.165) is 0 Å². The Hall–Kier alpha value is -0.0200. The molecule has 0 aromatic heterocycles. The Morgan fingerprint density at radius 3 is 0.269 bits per heavy atom. The summed E-state index contributed by atoms with van der Waals surface area (Å²) in [4.78, 5) is 61.4. The van der Waals surface area contributed by atoms with Crippen molar-refractivity contribution in [3.63, 3.8) is 0 Å². The quantitative estimate of drug-likeness (QED) is 0.0737. The smallest absolute Gasteiger partial charge is 0.0742 e. The van der Waals surface area contributed by atoms with E-state index in [0.29, 0.717) is 0 Å². The summed E-state index contributed by atoms with van der Waals surface area (Å²) in [6, 6.07) is 0. The third kappa shape index (κ3) is 92.6. The third-order valence-corrected chi connectivity index (χ3v) is 9.00. The van der Waals surface area contributed by atoms with E-state index in [1.54, 1.807) is 29.4 Å². The van der Waals surface area contributed by atoms with Crippen LogP contribution in [0.3, 0.4) is 0 Å². The van der Waals surface area contributed by atoms with Gasteiger partial charge in [-0.2, -0.15) is 15.6 Å². The molecule has 0 saturated heterocycles. The summed E-state index contributed by atoms with van der Waals surface area (Å²) in [6.07, 6.45) is 0. The average Bonchev–Trinajstić information content (AvgIpc) is 3.09. The van der Waals surface area contributed by atoms with Crippen LogP contribution in [0.5, 0.6) is 0 Å². The number of nitrogens with one attached hydrogen (secondary N) is 6. The van der Waals surface area contributed by atoms with Gasteiger partial charge in [-0.05, 0) is 125 Å². The lowest BCUT2D eigenvalue weighted by molar-refractivity contribution is -0.894. The largest absolute Gasteiger partial charge is 0.822 e. The maximum Gasteiger partial charge on any atom is 0.0742 e. The van der Waals surface area contributed by atoms with Crippen molar-refractivity contribution >= 4 is 15.6 Å². The summed E-state index contributed by atoms with van der Waals surface area (Å²) in [7, 11) is -10.8. The van der Waals surface area contributed by atoms with Gasteiger partial charge in [-0.1, -0.05) is 0 Å². The Morgan fingerprint density at radius 2 is 0.269 bits per heavy atom. The lowest BCUT2D eigenvalue weighted by Gasteiger charge is -2.36. The van der Waals surface area contributed by atoms with Gasteiger partial charge in [0.15, 0.2) is 0 Å². The molecule has 0 unspecified atom stereocenters. The molecule has 0 radical (unpaired) electrons. The molecule has 0 aromatic rings. The number of hydrogen-bond donors (Lipinski definition) is 6. The van der Waals surface area contributed by atoms with Gasteiger partial charge < -0.3 is 67.9 Å². The highest BCUT2D eigenvalue weighted by atomic mass is 31.2. The number of quaternary nitrogens is 6. The highest BCUT2D eigenvalue weighted by Gasteiger charge is 1.96. The Morgan fingerprint density at radius 1 is 0.231 bits per heavy atom. The minimum Gasteiger partial charge on any atom is -0.822 e. The maximum atomic E-state index is 8.55. The molecule has 0 fully saturated rings. The number of rotatable bonds is 18. The van der Waals surface area contributed by atoms with Crippen molar-refractivity contribution in [1.82, 2.24) is 0 Å². The number of phosphoric acid groups is 2. The van der Waals surface area contributed by atoms with Gasteiger partial charge in [-0.3, -0.25) is 0 Å². The first-order chi connectivity index (χ1) is 24.1. The zero-order valence-electron chi connectivity index (χ0n) is 37.9. The van der Waals surface area contributed by atoms with Crippen LogP contribution < -0.4 is 58.8 Å². The first-order valence-corrected chi connectivity index (χ1v) is 23.5. The molecular formula is C36H96N6O8P2. The Balaban J connectivity index is -0.0000000711. The molecule has 6 N–H and O–H groups in total. The predicted octanol–water partition coefficient (Wildman–Crippen LogP) is -6.06. The third-order valence-electron chi connectivity index (χ3n) is 9.00. The molecule has 0 heterocycles. The number of hydrogen-bond acceptors (Lipinski definition) is 8. The summed E-state index contributed by atoms with van der Waals surface area (Å²) < 4.78 is 17.1. The van der Waals surface area contributed by atoms with Crippen LogP contribution in [0.2, 0.25) is 0 Å². The van der Waals surface area contributed by atoms with Crippen molar-refractivity contribution in [1.29, 1.82) is 0 Å². The molecule has 0 amide bonds. The van der Waals surface area contributed by atoms with Gasteiger partial charge in [0.2, 0.25) is 0 Å². The van der Waals surface area contributed by atoms with Crippen LogP contribution in [0.4, 0.5) is 0 Å². The van der Waals surface area contributed by atoms with Gasteiger partial charge in [0.1, 0.15) is 0 Å². The minimum absolute atomic E-state index is 1.27. The highest BCUT2D eigenvalue weighted by Crippen LogP contribution is 2.03. The Labute approximate surface area is 325 Å². The lowest BCUT2D eigenvalue weighted by Crippen LogP contribution is -3.11. The first kappa shape index (κ1) is 69.8. The molecule has 16 heteroatoms. The minimum atomic E-state index is -5.39. The van der Waals surface area contributed by atoms with Crippen molar-refractivity contribution in [2.24, 2.45) is 0 Å². The van der Waals surface area contributed by atoms with E-state index >= 15 is 0 Å². The molecule has 0 aliphatic carbocycles. The second-order valence-corrected chi connectivity index (χ2v) is 13.5. The topological polar surface area (TPSA) is 199 Å². The lowest BCUT2D eigenvalue weighted by atomic mass is 10.5. The van der Waals surface area contributed by atoms with Gasteiger partial charge in [0.25, 0.3) is 0 Å². The van der Waals surface area contributed by atoms with Crippen LogP contribution in [0, 0.1) is 0 Å². The molecule has 328 valence electrons. The second kappa shape index (κ2) is 55.3. The SMILES string of the molecule is CC[NH+](CC)CC.CC[NH+](CC)CC.CC[NH+](CC)CC.CC[NH+](CC)CC.CC[NH+](CC)CC.CC[NH+](CC)CC.O=P([O-])([O-])[O-].O=P([O-])([O-])[O-]. The highest BCUT2D eigenvalue weighted by molar-refractivity contribution is 7.40. The standard InChI is InChI=1S/6C6H15N.2H3O4P/c6*1-4-7(5-2)6-3;2*1-5(2,3)4/h6*4-6H2,1-3H3;2*(H3,1,2,3,4). The summed E-state index contributed by atoms with van der Waals surface area (Å²) >= 11 is 0. The van der Waals surface area contributed by atoms with Crippen molar-refractivity contribution in [2.75, 3.05) is 118 Å². The van der Waals surface area contributed by atoms with E-state index in [2.05, 4.69) is 125 Å². The Kier molecular flexibility index (Phi) is 74.3. The fourth-order valence-corrected chi connectivity index (χ4v) is 4.50. The summed E-state index contributed by atoms with van der Waals surface area (Å²) in [6.45, 7) is 62.9. The first-order valence-electron chi connectivity index (χ1n) is 20.6. The van der Waals surface area contributed by atoms with Gasteiger partial charge in [0, 0.05) is 0 Å². The molecule has 0 rings (SSSR count). The average molecular weight is 803 g/mol. The molecule has 0 bridgehead atoms. The molecule has 52 heavy (non-hydrogen) atoms. The molecule has 0 saturated carbocycles. The monoisotopic (exact) mass is 803 g/mol. The molecule has 0 aromatic carbocycles. The fraction of sp³-hybridized carbons (Fsp3) is 1.00. The van der Waals surface area contributed by atoms with E-state index in [1.807, 2.05) is 0 Å². The molecule has 0 atom stereocenters. The molecule has 0 aliphatic heterocycles. The molecule has 14 nitrogen and oxygen atoms in total. The van der Waals surface area contributed by atoms with E-state index in [4.69, 9.17) is 38.5 Å². The van der Waals surface area contributed by atoms with Gasteiger partial charge in [-0.25, -0.2) is 0 Å². The fourth-order valence-electron chi connectivity index (χ4n) is 4.50. The van der Waals surface area contributed by atoms with Crippen LogP contribution in [0.1, 0.15) is 125 Å². The van der Waals surface area contributed by atoms with Gasteiger partial charge in [-0.15, -0.1) is 0 Å². The van der Waals surface area contributed by atoms with Gasteiger partial charge in [0.05, 0.1) is 118 Å². The Bertz CT molecular complexity index is 509. The van der Waals surface area contributed by atoms with Crippen molar-refractivity contribution < 1.29 is 67.9 Å². The zero-order chi connectivity index (χ0) is 43.2. The van der Waals surface area contributed by atoms with Crippen molar-refractivity contribution in [3.05, 3.63) is 0 Å². The van der Waals surface area contributed by atoms with Crippen molar-refractivity contribution in [3.8, 4) is 0 Å². The molecular weight excluding hydrogens is 706 g/mol. The van der Waals surface area contributed by atoms with E-state index in [9.17, 15) is 0 Å². The second-order valence-electron chi connectivity index (χ2n) is 11.8. The summed E-state index contributed by atoms with van der Waals surface area (Å²) in [5, 5.41) is 0. The van der Waals surface area contributed by atoms with Crippen LogP contribution >= 0.6 is 15.6 Å². The van der Waals surface area contributed by atoms with Crippen LogP contribution in [0.25, 0.3) is 0 Å². The van der Waals surface area contributed by atoms with Crippen LogP contribution in [-0.4, -0.2) is 118 Å². The van der Waals surface area contributed by atoms with Crippen LogP contribution in [-0.2, 0) is 9.13 Å². The van der Waals surface area contributed by atoms with Gasteiger partial charge >= 0.3 is 0 Å². The maximum absolute atomic E-state index is 8.55. The van der Waals surface area contributed by atoms with Crippen LogP contribution in [0.15, 0.2) is 0 Å². The molecule has 0 aliphatic rings. The molecule has 0 spiro atoms. The van der Waals surface area contributed by atoms with E-state index < -0.39 is 15.6 Å². The van der Waals surface area contributed by atoms with E-state index in [-0.39, 0.29) is 0 Å². The predicted molar refractivity (Wildman–Crippen MR) is 211 cm³/mol.